The van der Waals surface area contributed by atoms with Crippen molar-refractivity contribution in [3.8, 4) is 17.2 Å². The summed E-state index contributed by atoms with van der Waals surface area (Å²) in [6, 6.07) is 11.9. The molecule has 1 amide bonds. The SMILES string of the molecule is CC(C)Oc1cc(Oc2ccccc2C(N)=O)ccc1N. The number of carbonyl (C=O) groups is 1. The number of para-hydroxylation sites is 1. The highest BCUT2D eigenvalue weighted by atomic mass is 16.5. The average molecular weight is 286 g/mol. The Labute approximate surface area is 123 Å². The van der Waals surface area contributed by atoms with E-state index in [0.29, 0.717) is 28.5 Å². The molecule has 110 valence electrons. The van der Waals surface area contributed by atoms with Crippen LogP contribution in [-0.2, 0) is 0 Å². The van der Waals surface area contributed by atoms with Gasteiger partial charge in [-0.15, -0.1) is 0 Å². The molecule has 4 N–H and O–H groups in total. The number of nitrogens with two attached hydrogens (primary N) is 2. The van der Waals surface area contributed by atoms with Gasteiger partial charge in [-0.2, -0.15) is 0 Å². The molecule has 2 rings (SSSR count). The molecule has 5 nitrogen and oxygen atoms in total. The first kappa shape index (κ1) is 14.7. The van der Waals surface area contributed by atoms with Crippen LogP contribution in [0, 0.1) is 0 Å². The van der Waals surface area contributed by atoms with E-state index in [-0.39, 0.29) is 6.10 Å². The van der Waals surface area contributed by atoms with Gasteiger partial charge < -0.3 is 20.9 Å². The number of carbonyl (C=O) groups excluding carboxylic acids is 1. The number of nitrogen functional groups attached to an aromatic ring is 1. The normalized spacial score (nSPS) is 10.4. The molecule has 2 aromatic rings. The third kappa shape index (κ3) is 3.66. The summed E-state index contributed by atoms with van der Waals surface area (Å²) in [6.07, 6.45) is 0.000422. The standard InChI is InChI=1S/C16H18N2O3/c1-10(2)20-15-9-11(7-8-13(15)17)21-14-6-4-3-5-12(14)16(18)19/h3-10H,17H2,1-2H3,(H2,18,19). The van der Waals surface area contributed by atoms with Crippen molar-refractivity contribution in [3.63, 3.8) is 0 Å². The number of rotatable bonds is 5. The van der Waals surface area contributed by atoms with Crippen molar-refractivity contribution in [1.29, 1.82) is 0 Å². The molecule has 0 bridgehead atoms. The summed E-state index contributed by atoms with van der Waals surface area (Å²) in [7, 11) is 0. The minimum absolute atomic E-state index is 0.000422. The monoisotopic (exact) mass is 286 g/mol. The fourth-order valence-corrected chi connectivity index (χ4v) is 1.82. The van der Waals surface area contributed by atoms with Crippen LogP contribution >= 0.6 is 0 Å². The highest BCUT2D eigenvalue weighted by Crippen LogP contribution is 2.31. The fraction of sp³-hybridized carbons (Fsp3) is 0.188. The molecule has 2 aromatic carbocycles. The second-order valence-electron chi connectivity index (χ2n) is 4.83. The van der Waals surface area contributed by atoms with Crippen molar-refractivity contribution in [2.24, 2.45) is 5.73 Å². The summed E-state index contributed by atoms with van der Waals surface area (Å²) in [6.45, 7) is 3.82. The molecule has 0 saturated heterocycles. The van der Waals surface area contributed by atoms with Crippen LogP contribution in [0.1, 0.15) is 24.2 Å². The Hall–Kier alpha value is -2.69. The van der Waals surface area contributed by atoms with Crippen LogP contribution in [0.4, 0.5) is 5.69 Å². The van der Waals surface area contributed by atoms with E-state index < -0.39 is 5.91 Å². The zero-order valence-corrected chi connectivity index (χ0v) is 12.0. The van der Waals surface area contributed by atoms with Gasteiger partial charge in [-0.3, -0.25) is 4.79 Å². The first-order valence-electron chi connectivity index (χ1n) is 6.60. The molecule has 0 aromatic heterocycles. The molecule has 0 heterocycles. The van der Waals surface area contributed by atoms with Gasteiger partial charge in [-0.05, 0) is 38.1 Å². The van der Waals surface area contributed by atoms with E-state index in [0.717, 1.165) is 0 Å². The maximum Gasteiger partial charge on any atom is 0.252 e. The molecule has 0 fully saturated rings. The van der Waals surface area contributed by atoms with Crippen LogP contribution in [0.25, 0.3) is 0 Å². The Morgan fingerprint density at radius 2 is 1.81 bits per heavy atom. The Morgan fingerprint density at radius 3 is 2.48 bits per heavy atom. The van der Waals surface area contributed by atoms with Gasteiger partial charge in [0.25, 0.3) is 5.91 Å². The number of primary amides is 1. The molecule has 0 atom stereocenters. The molecule has 0 unspecified atom stereocenters. The van der Waals surface area contributed by atoms with Gasteiger partial charge in [0.2, 0.25) is 0 Å². The third-order valence-corrected chi connectivity index (χ3v) is 2.73. The molecule has 5 heteroatoms. The van der Waals surface area contributed by atoms with Gasteiger partial charge >= 0.3 is 0 Å². The van der Waals surface area contributed by atoms with Crippen molar-refractivity contribution in [3.05, 3.63) is 48.0 Å². The second-order valence-corrected chi connectivity index (χ2v) is 4.83. The lowest BCUT2D eigenvalue weighted by Crippen LogP contribution is -2.12. The number of anilines is 1. The van der Waals surface area contributed by atoms with Crippen molar-refractivity contribution >= 4 is 11.6 Å². The predicted octanol–water partition coefficient (Wildman–Crippen LogP) is 2.95. The predicted molar refractivity (Wildman–Crippen MR) is 81.7 cm³/mol. The van der Waals surface area contributed by atoms with E-state index in [1.165, 1.54) is 0 Å². The average Bonchev–Trinajstić information content (AvgIpc) is 2.42. The Balaban J connectivity index is 2.30. The molecule has 0 spiro atoms. The van der Waals surface area contributed by atoms with Crippen molar-refractivity contribution in [2.75, 3.05) is 5.73 Å². The molecule has 0 aliphatic carbocycles. The summed E-state index contributed by atoms with van der Waals surface area (Å²) >= 11 is 0. The van der Waals surface area contributed by atoms with Crippen LogP contribution in [0.5, 0.6) is 17.2 Å². The smallest absolute Gasteiger partial charge is 0.252 e. The summed E-state index contributed by atoms with van der Waals surface area (Å²) in [5, 5.41) is 0. The van der Waals surface area contributed by atoms with E-state index in [1.807, 2.05) is 13.8 Å². The summed E-state index contributed by atoms with van der Waals surface area (Å²) in [5.41, 5.74) is 12.0. The summed E-state index contributed by atoms with van der Waals surface area (Å²) < 4.78 is 11.3. The van der Waals surface area contributed by atoms with Crippen LogP contribution in [0.15, 0.2) is 42.5 Å². The quantitative estimate of drug-likeness (QED) is 0.827. The molecule has 0 saturated carbocycles. The van der Waals surface area contributed by atoms with Crippen molar-refractivity contribution < 1.29 is 14.3 Å². The molecule has 21 heavy (non-hydrogen) atoms. The van der Waals surface area contributed by atoms with Gasteiger partial charge in [0.1, 0.15) is 17.2 Å². The van der Waals surface area contributed by atoms with E-state index >= 15 is 0 Å². The number of benzene rings is 2. The second kappa shape index (κ2) is 6.17. The summed E-state index contributed by atoms with van der Waals surface area (Å²) in [4.78, 5) is 11.4. The zero-order chi connectivity index (χ0) is 15.4. The topological polar surface area (TPSA) is 87.6 Å². The van der Waals surface area contributed by atoms with Gasteiger partial charge in [0.05, 0.1) is 17.4 Å². The molecular weight excluding hydrogens is 268 g/mol. The number of amides is 1. The molecule has 0 aliphatic heterocycles. The minimum atomic E-state index is -0.542. The highest BCUT2D eigenvalue weighted by Gasteiger charge is 2.11. The zero-order valence-electron chi connectivity index (χ0n) is 12.0. The molecule has 0 radical (unpaired) electrons. The van der Waals surface area contributed by atoms with Crippen LogP contribution in [0.3, 0.4) is 0 Å². The van der Waals surface area contributed by atoms with E-state index in [1.54, 1.807) is 42.5 Å². The van der Waals surface area contributed by atoms with Crippen molar-refractivity contribution in [1.82, 2.24) is 0 Å². The lowest BCUT2D eigenvalue weighted by atomic mass is 10.2. The van der Waals surface area contributed by atoms with Gasteiger partial charge in [-0.1, -0.05) is 12.1 Å². The molecule has 0 aliphatic rings. The third-order valence-electron chi connectivity index (χ3n) is 2.73. The lowest BCUT2D eigenvalue weighted by Gasteiger charge is -2.14. The van der Waals surface area contributed by atoms with Crippen LogP contribution < -0.4 is 20.9 Å². The lowest BCUT2D eigenvalue weighted by molar-refractivity contribution is 0.0998. The van der Waals surface area contributed by atoms with Gasteiger partial charge in [-0.25, -0.2) is 0 Å². The minimum Gasteiger partial charge on any atom is -0.489 e. The number of hydrogen-bond acceptors (Lipinski definition) is 4. The number of ether oxygens (including phenoxy) is 2. The van der Waals surface area contributed by atoms with Crippen LogP contribution in [0.2, 0.25) is 0 Å². The van der Waals surface area contributed by atoms with Crippen LogP contribution in [-0.4, -0.2) is 12.0 Å². The molecular formula is C16H18N2O3. The maximum atomic E-state index is 11.4. The van der Waals surface area contributed by atoms with Gasteiger partial charge in [0, 0.05) is 6.07 Å². The highest BCUT2D eigenvalue weighted by molar-refractivity contribution is 5.95. The first-order valence-corrected chi connectivity index (χ1v) is 6.60. The van der Waals surface area contributed by atoms with Crippen molar-refractivity contribution in [2.45, 2.75) is 20.0 Å². The summed E-state index contributed by atoms with van der Waals surface area (Å²) in [5.74, 6) is 0.914. The van der Waals surface area contributed by atoms with E-state index in [4.69, 9.17) is 20.9 Å². The van der Waals surface area contributed by atoms with E-state index in [2.05, 4.69) is 0 Å². The number of hydrogen-bond donors (Lipinski definition) is 2. The van der Waals surface area contributed by atoms with E-state index in [9.17, 15) is 4.79 Å². The van der Waals surface area contributed by atoms with Gasteiger partial charge in [0.15, 0.2) is 0 Å². The Kier molecular flexibility index (Phi) is 4.33. The largest absolute Gasteiger partial charge is 0.489 e. The fourth-order valence-electron chi connectivity index (χ4n) is 1.82. The Morgan fingerprint density at radius 1 is 1.10 bits per heavy atom. The maximum absolute atomic E-state index is 11.4. The first-order chi connectivity index (χ1) is 9.97. The Bertz CT molecular complexity index is 654.